The Morgan fingerprint density at radius 3 is 2.65 bits per heavy atom. The van der Waals surface area contributed by atoms with Crippen molar-refractivity contribution in [3.8, 4) is 0 Å². The SMILES string of the molecule is CC(=O)NC1CCN(c2cc(C)c([N+](=O)[O-])cn2)CC1. The summed E-state index contributed by atoms with van der Waals surface area (Å²) in [5.74, 6) is 0.752. The first-order chi connectivity index (χ1) is 9.47. The second-order valence-electron chi connectivity index (χ2n) is 5.05. The van der Waals surface area contributed by atoms with Crippen LogP contribution in [0.1, 0.15) is 25.3 Å². The van der Waals surface area contributed by atoms with Crippen LogP contribution in [0.25, 0.3) is 0 Å². The van der Waals surface area contributed by atoms with Gasteiger partial charge in [-0.1, -0.05) is 0 Å². The van der Waals surface area contributed by atoms with Gasteiger partial charge in [0.05, 0.1) is 4.92 Å². The van der Waals surface area contributed by atoms with E-state index in [1.807, 2.05) is 0 Å². The van der Waals surface area contributed by atoms with Crippen LogP contribution in [-0.4, -0.2) is 34.9 Å². The molecule has 1 N–H and O–H groups in total. The average molecular weight is 278 g/mol. The summed E-state index contributed by atoms with van der Waals surface area (Å²) in [5.41, 5.74) is 0.658. The first kappa shape index (κ1) is 14.2. The number of anilines is 1. The van der Waals surface area contributed by atoms with E-state index < -0.39 is 4.92 Å². The van der Waals surface area contributed by atoms with Crippen molar-refractivity contribution in [2.24, 2.45) is 0 Å². The molecule has 0 radical (unpaired) electrons. The van der Waals surface area contributed by atoms with Crippen LogP contribution in [0.15, 0.2) is 12.3 Å². The molecule has 108 valence electrons. The van der Waals surface area contributed by atoms with Crippen LogP contribution in [0.2, 0.25) is 0 Å². The highest BCUT2D eigenvalue weighted by atomic mass is 16.6. The van der Waals surface area contributed by atoms with Crippen molar-refractivity contribution in [3.05, 3.63) is 27.9 Å². The van der Waals surface area contributed by atoms with Gasteiger partial charge in [0.15, 0.2) is 0 Å². The summed E-state index contributed by atoms with van der Waals surface area (Å²) in [4.78, 5) is 27.6. The number of aromatic nitrogens is 1. The van der Waals surface area contributed by atoms with Gasteiger partial charge in [-0.2, -0.15) is 0 Å². The summed E-state index contributed by atoms with van der Waals surface area (Å²) >= 11 is 0. The Morgan fingerprint density at radius 2 is 2.15 bits per heavy atom. The maximum absolute atomic E-state index is 11.0. The number of nitro groups is 1. The van der Waals surface area contributed by atoms with E-state index in [1.165, 1.54) is 13.1 Å². The van der Waals surface area contributed by atoms with Crippen molar-refractivity contribution in [2.75, 3.05) is 18.0 Å². The van der Waals surface area contributed by atoms with Crippen LogP contribution in [0.5, 0.6) is 0 Å². The van der Waals surface area contributed by atoms with Crippen molar-refractivity contribution in [2.45, 2.75) is 32.7 Å². The molecule has 0 atom stereocenters. The van der Waals surface area contributed by atoms with Gasteiger partial charge in [-0.05, 0) is 25.8 Å². The number of amides is 1. The molecular weight excluding hydrogens is 260 g/mol. The van der Waals surface area contributed by atoms with E-state index >= 15 is 0 Å². The van der Waals surface area contributed by atoms with Crippen molar-refractivity contribution < 1.29 is 9.72 Å². The third kappa shape index (κ3) is 3.23. The highest BCUT2D eigenvalue weighted by Crippen LogP contribution is 2.23. The first-order valence-corrected chi connectivity index (χ1v) is 6.60. The normalized spacial score (nSPS) is 16.0. The molecule has 1 aromatic rings. The molecule has 1 aliphatic rings. The minimum absolute atomic E-state index is 0.00671. The molecule has 0 unspecified atom stereocenters. The van der Waals surface area contributed by atoms with E-state index in [0.29, 0.717) is 5.56 Å². The van der Waals surface area contributed by atoms with E-state index in [4.69, 9.17) is 0 Å². The van der Waals surface area contributed by atoms with E-state index in [0.717, 1.165) is 31.7 Å². The molecular formula is C13H18N4O3. The van der Waals surface area contributed by atoms with Gasteiger partial charge < -0.3 is 10.2 Å². The van der Waals surface area contributed by atoms with E-state index in [-0.39, 0.29) is 17.6 Å². The number of nitrogens with one attached hydrogen (secondary N) is 1. The lowest BCUT2D eigenvalue weighted by molar-refractivity contribution is -0.385. The topological polar surface area (TPSA) is 88.4 Å². The molecule has 0 bridgehead atoms. The Bertz CT molecular complexity index is 524. The van der Waals surface area contributed by atoms with Crippen LogP contribution in [0.3, 0.4) is 0 Å². The monoisotopic (exact) mass is 278 g/mol. The number of hydrogen-bond donors (Lipinski definition) is 1. The van der Waals surface area contributed by atoms with Crippen LogP contribution in [0, 0.1) is 17.0 Å². The molecule has 1 fully saturated rings. The summed E-state index contributed by atoms with van der Waals surface area (Å²) in [7, 11) is 0. The highest BCUT2D eigenvalue weighted by molar-refractivity contribution is 5.73. The zero-order valence-electron chi connectivity index (χ0n) is 11.6. The minimum Gasteiger partial charge on any atom is -0.356 e. The van der Waals surface area contributed by atoms with Gasteiger partial charge >= 0.3 is 0 Å². The minimum atomic E-state index is -0.422. The number of hydrogen-bond acceptors (Lipinski definition) is 5. The maximum atomic E-state index is 11.0. The zero-order chi connectivity index (χ0) is 14.7. The smallest absolute Gasteiger partial charge is 0.290 e. The molecule has 7 nitrogen and oxygen atoms in total. The molecule has 0 aromatic carbocycles. The number of carbonyl (C=O) groups excluding carboxylic acids is 1. The van der Waals surface area contributed by atoms with Crippen LogP contribution in [-0.2, 0) is 4.79 Å². The molecule has 1 saturated heterocycles. The van der Waals surface area contributed by atoms with Crippen molar-refractivity contribution in [1.29, 1.82) is 0 Å². The third-order valence-electron chi connectivity index (χ3n) is 3.49. The van der Waals surface area contributed by atoms with Gasteiger partial charge in [-0.25, -0.2) is 4.98 Å². The predicted molar refractivity (Wildman–Crippen MR) is 74.7 cm³/mol. The van der Waals surface area contributed by atoms with Crippen LogP contribution in [0.4, 0.5) is 11.5 Å². The molecule has 0 aliphatic carbocycles. The molecule has 1 aliphatic heterocycles. The Balaban J connectivity index is 2.02. The molecule has 0 spiro atoms. The standard InChI is InChI=1S/C13H18N4O3/c1-9-7-13(14-8-12(9)17(19)20)16-5-3-11(4-6-16)15-10(2)18/h7-8,11H,3-6H2,1-2H3,(H,15,18). The molecule has 1 aromatic heterocycles. The quantitative estimate of drug-likeness (QED) is 0.667. The summed E-state index contributed by atoms with van der Waals surface area (Å²) in [6.07, 6.45) is 3.03. The summed E-state index contributed by atoms with van der Waals surface area (Å²) < 4.78 is 0. The second kappa shape index (κ2) is 5.85. The van der Waals surface area contributed by atoms with Gasteiger partial charge in [0, 0.05) is 31.6 Å². The molecule has 7 heteroatoms. The number of piperidine rings is 1. The number of nitrogens with zero attached hydrogens (tertiary/aromatic N) is 3. The molecule has 1 amide bonds. The Hall–Kier alpha value is -2.18. The molecule has 0 saturated carbocycles. The Morgan fingerprint density at radius 1 is 1.50 bits per heavy atom. The summed E-state index contributed by atoms with van der Waals surface area (Å²) in [5, 5.41) is 13.7. The van der Waals surface area contributed by atoms with Crippen LogP contribution >= 0.6 is 0 Å². The summed E-state index contributed by atoms with van der Waals surface area (Å²) in [6, 6.07) is 1.96. The average Bonchev–Trinajstić information content (AvgIpc) is 2.38. The summed E-state index contributed by atoms with van der Waals surface area (Å²) in [6.45, 7) is 4.81. The molecule has 2 rings (SSSR count). The van der Waals surface area contributed by atoms with E-state index in [9.17, 15) is 14.9 Å². The number of rotatable bonds is 3. The number of pyridine rings is 1. The van der Waals surface area contributed by atoms with Gasteiger partial charge in [-0.15, -0.1) is 0 Å². The fourth-order valence-corrected chi connectivity index (χ4v) is 2.44. The highest BCUT2D eigenvalue weighted by Gasteiger charge is 2.22. The largest absolute Gasteiger partial charge is 0.356 e. The fraction of sp³-hybridized carbons (Fsp3) is 0.538. The fourth-order valence-electron chi connectivity index (χ4n) is 2.44. The molecule has 2 heterocycles. The van der Waals surface area contributed by atoms with Crippen molar-refractivity contribution in [3.63, 3.8) is 0 Å². The van der Waals surface area contributed by atoms with Gasteiger partial charge in [-0.3, -0.25) is 14.9 Å². The lowest BCUT2D eigenvalue weighted by Gasteiger charge is -2.33. The lowest BCUT2D eigenvalue weighted by atomic mass is 10.0. The maximum Gasteiger partial charge on any atom is 0.290 e. The van der Waals surface area contributed by atoms with Crippen molar-refractivity contribution >= 4 is 17.4 Å². The lowest BCUT2D eigenvalue weighted by Crippen LogP contribution is -2.44. The Labute approximate surface area is 117 Å². The first-order valence-electron chi connectivity index (χ1n) is 6.60. The molecule has 20 heavy (non-hydrogen) atoms. The number of carbonyl (C=O) groups is 1. The number of aryl methyl sites for hydroxylation is 1. The zero-order valence-corrected chi connectivity index (χ0v) is 11.6. The van der Waals surface area contributed by atoms with E-state index in [1.54, 1.807) is 13.0 Å². The third-order valence-corrected chi connectivity index (χ3v) is 3.49. The van der Waals surface area contributed by atoms with Gasteiger partial charge in [0.25, 0.3) is 5.69 Å². The Kier molecular flexibility index (Phi) is 4.16. The van der Waals surface area contributed by atoms with Crippen molar-refractivity contribution in [1.82, 2.24) is 10.3 Å². The van der Waals surface area contributed by atoms with Gasteiger partial charge in [0.1, 0.15) is 12.0 Å². The van der Waals surface area contributed by atoms with Gasteiger partial charge in [0.2, 0.25) is 5.91 Å². The van der Waals surface area contributed by atoms with E-state index in [2.05, 4.69) is 15.2 Å². The second-order valence-corrected chi connectivity index (χ2v) is 5.05. The predicted octanol–water partition coefficient (Wildman–Crippen LogP) is 1.40. The van der Waals surface area contributed by atoms with Crippen LogP contribution < -0.4 is 10.2 Å².